The van der Waals surface area contributed by atoms with Gasteiger partial charge in [-0.3, -0.25) is 4.79 Å². The first-order chi connectivity index (χ1) is 10.5. The van der Waals surface area contributed by atoms with Crippen LogP contribution in [-0.2, 0) is 0 Å². The Balaban J connectivity index is 2.26. The highest BCUT2D eigenvalue weighted by Crippen LogP contribution is 2.32. The number of carbonyl (C=O) groups excluding carboxylic acids is 1. The number of phenolic OH excluding ortho intramolecular Hbond substituents is 1. The lowest BCUT2D eigenvalue weighted by atomic mass is 10.1. The number of ether oxygens (including phenoxy) is 2. The molecule has 0 radical (unpaired) electrons. The zero-order valence-corrected chi connectivity index (χ0v) is 14.0. The third kappa shape index (κ3) is 3.33. The van der Waals surface area contributed by atoms with Gasteiger partial charge in [0.15, 0.2) is 11.5 Å². The summed E-state index contributed by atoms with van der Waals surface area (Å²) in [6.07, 6.45) is 0. The van der Waals surface area contributed by atoms with Crippen molar-refractivity contribution in [2.75, 3.05) is 19.5 Å². The van der Waals surface area contributed by atoms with Gasteiger partial charge >= 0.3 is 0 Å². The van der Waals surface area contributed by atoms with Crippen molar-refractivity contribution < 1.29 is 19.4 Å². The molecule has 0 saturated heterocycles. The molecular weight excluding hydrogens is 350 g/mol. The predicted molar refractivity (Wildman–Crippen MR) is 88.0 cm³/mol. The molecule has 2 aromatic carbocycles. The Bertz CT molecular complexity index is 692. The molecular formula is C16H16BrNO4. The Morgan fingerprint density at radius 2 is 1.82 bits per heavy atom. The molecule has 6 heteroatoms. The molecule has 0 unspecified atom stereocenters. The van der Waals surface area contributed by atoms with E-state index in [0.29, 0.717) is 32.8 Å². The lowest BCUT2D eigenvalue weighted by molar-refractivity contribution is 0.102. The average molecular weight is 366 g/mol. The molecule has 0 aliphatic rings. The number of nitrogens with one attached hydrogen (secondary N) is 1. The maximum Gasteiger partial charge on any atom is 0.255 e. The van der Waals surface area contributed by atoms with Crippen molar-refractivity contribution in [3.8, 4) is 17.2 Å². The zero-order valence-electron chi connectivity index (χ0n) is 12.4. The second-order valence-corrected chi connectivity index (χ2v) is 5.50. The summed E-state index contributed by atoms with van der Waals surface area (Å²) in [5, 5.41) is 12.5. The van der Waals surface area contributed by atoms with E-state index < -0.39 is 0 Å². The Hall–Kier alpha value is -2.21. The second kappa shape index (κ2) is 6.70. The van der Waals surface area contributed by atoms with Crippen molar-refractivity contribution in [1.82, 2.24) is 0 Å². The fourth-order valence-electron chi connectivity index (χ4n) is 1.99. The minimum absolute atomic E-state index is 0.157. The van der Waals surface area contributed by atoms with Crippen LogP contribution in [0.5, 0.6) is 17.2 Å². The Labute approximate surface area is 137 Å². The molecule has 22 heavy (non-hydrogen) atoms. The third-order valence-electron chi connectivity index (χ3n) is 3.16. The molecule has 5 nitrogen and oxygen atoms in total. The lowest BCUT2D eigenvalue weighted by Crippen LogP contribution is -2.12. The highest BCUT2D eigenvalue weighted by atomic mass is 79.9. The van der Waals surface area contributed by atoms with Crippen LogP contribution < -0.4 is 14.8 Å². The number of phenols is 1. The average Bonchev–Trinajstić information content (AvgIpc) is 2.51. The number of halogens is 1. The highest BCUT2D eigenvalue weighted by molar-refractivity contribution is 9.10. The van der Waals surface area contributed by atoms with Crippen molar-refractivity contribution in [2.24, 2.45) is 0 Å². The van der Waals surface area contributed by atoms with Gasteiger partial charge in [0.2, 0.25) is 0 Å². The van der Waals surface area contributed by atoms with Gasteiger partial charge in [-0.05, 0) is 58.7 Å². The summed E-state index contributed by atoms with van der Waals surface area (Å²) in [5.74, 6) is 0.919. The minimum Gasteiger partial charge on any atom is -0.506 e. The monoisotopic (exact) mass is 365 g/mol. The predicted octanol–water partition coefficient (Wildman–Crippen LogP) is 3.73. The maximum absolute atomic E-state index is 12.3. The second-order valence-electron chi connectivity index (χ2n) is 4.65. The van der Waals surface area contributed by atoms with E-state index in [2.05, 4.69) is 21.2 Å². The van der Waals surface area contributed by atoms with Crippen LogP contribution in [0.1, 0.15) is 15.9 Å². The van der Waals surface area contributed by atoms with Crippen LogP contribution >= 0.6 is 15.9 Å². The number of aromatic hydroxyl groups is 1. The molecule has 0 spiro atoms. The quantitative estimate of drug-likeness (QED) is 0.810. The molecule has 2 aromatic rings. The van der Waals surface area contributed by atoms with E-state index in [1.807, 2.05) is 0 Å². The number of anilines is 1. The van der Waals surface area contributed by atoms with Crippen molar-refractivity contribution in [3.63, 3.8) is 0 Å². The van der Waals surface area contributed by atoms with Gasteiger partial charge in [-0.2, -0.15) is 0 Å². The van der Waals surface area contributed by atoms with E-state index in [1.54, 1.807) is 37.3 Å². The van der Waals surface area contributed by atoms with Crippen LogP contribution in [0, 0.1) is 6.92 Å². The highest BCUT2D eigenvalue weighted by Gasteiger charge is 2.12. The Morgan fingerprint density at radius 1 is 1.14 bits per heavy atom. The van der Waals surface area contributed by atoms with Crippen LogP contribution in [0.25, 0.3) is 0 Å². The molecule has 1 amide bonds. The first-order valence-electron chi connectivity index (χ1n) is 6.48. The van der Waals surface area contributed by atoms with Gasteiger partial charge in [0.05, 0.1) is 18.7 Å². The molecule has 0 aliphatic heterocycles. The van der Waals surface area contributed by atoms with Crippen LogP contribution in [0.15, 0.2) is 34.8 Å². The summed E-state index contributed by atoms with van der Waals surface area (Å²) in [6.45, 7) is 1.76. The standard InChI is InChI=1S/C16H16BrNO4/c1-9-6-11(8-12(17)15(9)19)18-16(20)10-4-5-13(21-2)14(7-10)22-3/h4-8,19H,1-3H3,(H,18,20). The van der Waals surface area contributed by atoms with Gasteiger partial charge in [-0.25, -0.2) is 0 Å². The van der Waals surface area contributed by atoms with Crippen molar-refractivity contribution in [3.05, 3.63) is 45.9 Å². The van der Waals surface area contributed by atoms with Gasteiger partial charge in [0, 0.05) is 11.3 Å². The Morgan fingerprint density at radius 3 is 2.41 bits per heavy atom. The summed E-state index contributed by atoms with van der Waals surface area (Å²) in [4.78, 5) is 12.3. The first kappa shape index (κ1) is 16.2. The molecule has 0 fully saturated rings. The fraction of sp³-hybridized carbons (Fsp3) is 0.188. The molecule has 0 aliphatic carbocycles. The topological polar surface area (TPSA) is 67.8 Å². The molecule has 0 heterocycles. The number of hydrogen-bond acceptors (Lipinski definition) is 4. The van der Waals surface area contributed by atoms with Crippen molar-refractivity contribution >= 4 is 27.5 Å². The van der Waals surface area contributed by atoms with E-state index >= 15 is 0 Å². The maximum atomic E-state index is 12.3. The fourth-order valence-corrected chi connectivity index (χ4v) is 2.55. The smallest absolute Gasteiger partial charge is 0.255 e. The van der Waals surface area contributed by atoms with Crippen LogP contribution in [0.2, 0.25) is 0 Å². The van der Waals surface area contributed by atoms with Gasteiger partial charge in [-0.15, -0.1) is 0 Å². The lowest BCUT2D eigenvalue weighted by Gasteiger charge is -2.11. The summed E-state index contributed by atoms with van der Waals surface area (Å²) in [5.41, 5.74) is 1.69. The van der Waals surface area contributed by atoms with E-state index in [0.717, 1.165) is 0 Å². The Kier molecular flexibility index (Phi) is 4.92. The van der Waals surface area contributed by atoms with E-state index in [9.17, 15) is 9.90 Å². The number of aryl methyl sites for hydroxylation is 1. The minimum atomic E-state index is -0.280. The summed E-state index contributed by atoms with van der Waals surface area (Å²) < 4.78 is 10.9. The SMILES string of the molecule is COc1ccc(C(=O)Nc2cc(C)c(O)c(Br)c2)cc1OC. The number of methoxy groups -OCH3 is 2. The summed E-state index contributed by atoms with van der Waals surface area (Å²) >= 11 is 3.25. The van der Waals surface area contributed by atoms with E-state index in [4.69, 9.17) is 9.47 Å². The van der Waals surface area contributed by atoms with E-state index in [-0.39, 0.29) is 11.7 Å². The molecule has 2 rings (SSSR count). The molecule has 0 aromatic heterocycles. The van der Waals surface area contributed by atoms with Gasteiger partial charge in [0.25, 0.3) is 5.91 Å². The van der Waals surface area contributed by atoms with Gasteiger partial charge in [0.1, 0.15) is 5.75 Å². The van der Waals surface area contributed by atoms with Gasteiger partial charge < -0.3 is 19.9 Å². The number of amides is 1. The number of rotatable bonds is 4. The largest absolute Gasteiger partial charge is 0.506 e. The first-order valence-corrected chi connectivity index (χ1v) is 7.28. The van der Waals surface area contributed by atoms with Crippen LogP contribution in [0.4, 0.5) is 5.69 Å². The van der Waals surface area contributed by atoms with E-state index in [1.165, 1.54) is 14.2 Å². The number of carbonyl (C=O) groups is 1. The van der Waals surface area contributed by atoms with Crippen molar-refractivity contribution in [2.45, 2.75) is 6.92 Å². The van der Waals surface area contributed by atoms with Gasteiger partial charge in [-0.1, -0.05) is 0 Å². The third-order valence-corrected chi connectivity index (χ3v) is 3.76. The van der Waals surface area contributed by atoms with Crippen LogP contribution in [0.3, 0.4) is 0 Å². The number of benzene rings is 2. The molecule has 0 saturated carbocycles. The molecule has 116 valence electrons. The normalized spacial score (nSPS) is 10.2. The van der Waals surface area contributed by atoms with Crippen LogP contribution in [-0.4, -0.2) is 25.2 Å². The molecule has 0 atom stereocenters. The van der Waals surface area contributed by atoms with Crippen molar-refractivity contribution in [1.29, 1.82) is 0 Å². The number of hydrogen-bond donors (Lipinski definition) is 2. The molecule has 2 N–H and O–H groups in total. The summed E-state index contributed by atoms with van der Waals surface area (Å²) in [7, 11) is 3.05. The summed E-state index contributed by atoms with van der Waals surface area (Å²) in [6, 6.07) is 8.26. The molecule has 0 bridgehead atoms. The zero-order chi connectivity index (χ0) is 16.3.